The number of aromatic nitrogens is 9. The number of aryl methyl sites for hydroxylation is 3. The van der Waals surface area contributed by atoms with Gasteiger partial charge in [0.15, 0.2) is 0 Å². The maximum Gasteiger partial charge on any atom is 0.141 e. The second-order valence-electron chi connectivity index (χ2n) is 31.1. The van der Waals surface area contributed by atoms with Gasteiger partial charge in [0, 0.05) is 245 Å². The fourth-order valence-corrected chi connectivity index (χ4v) is 18.3. The Morgan fingerprint density at radius 3 is 1.39 bits per heavy atom. The van der Waals surface area contributed by atoms with Crippen LogP contribution in [0.5, 0.6) is 0 Å². The van der Waals surface area contributed by atoms with Gasteiger partial charge >= 0.3 is 0 Å². The number of pyridine rings is 4. The molecule has 0 atom stereocenters. The molecular weight excluding hydrogens is 3710 g/mol. The number of ether oxygens (including phenoxy) is 1. The molecule has 10 aromatic heterocycles. The predicted molar refractivity (Wildman–Crippen MR) is 576 cm³/mol. The standard InChI is InChI=1S/C17H10NS.C14H8S.C13H9N2.C13H8NO.C13H8NS.C13H10N.C12H10N.C11H8N.C9H8NO.C9H6NS.10Ir/c1-2-8-13-12(6-1)7-5-9-14(13)17-18-15-10-3-4-11-16(15)19-17;1-2-6-11(7-3-1)14-10-12-8-4-5-9-13(12)15-14;3*1-2-6-10(7-3-1)13-14-11-8-4-5-9-12(11)15-13;1-2-6-12-10(4-1)7-8-11-5-3-9-14-13(11)12;1-10-5-7-11(8-6-10)12-4-2-3-9-13-12;1-2-6-10(7-3-1)11-8-4-5-9-12-11;1-2-4-8(5-3-1)9-10-6-7-11-9;1-2-6-10-8(4-1)9-5-3-7-11-9;;;;;;;;;;/h1-8,10-11H;1-6,8-9H;1-6,8-9H,(H,14,15);2*1-6,8-9H;1-5,9H,7-8H2;2-7,9H,1H3;1-6,8-9H;1-4H,6-7H2;1-4,6-7H;;;;;;;;;;/q-1;-2;8*-1;;;;;;;;;;. The number of fused-ring (bicyclic) bond motifs is 9. The summed E-state index contributed by atoms with van der Waals surface area (Å²) in [5, 5.41) is 7.72. The molecule has 1 N–H and O–H groups in total. The number of aliphatic imine (C=N–C) groups is 1. The zero-order chi connectivity index (χ0) is 94.7. The number of hydrogen-bond donors (Lipinski definition) is 1. The maximum atomic E-state index is 5.61. The SMILES string of the molecule is Cc1c[c-]c(-c2ccccn2)cc1.[Ir].[Ir].[Ir].[Ir].[Ir].[Ir].[Ir].[Ir].[Ir].[Ir].[c-]1ccc2ccccc2c1-c1nc2ccccc2s1.[c-]1cccc2c1-c1ncccc1CC2.[c-]1ccccc1-c1[c-]c2ccccc2s1.[c-]1ccccc1-c1ccccn1.[c-]1ccccc1-c1nc2ccccc2[nH]1.[c-]1ccccc1-c1nc2ccccc2o1.[c-]1ccccc1-c1nc2ccccc2s1.[c-]1ccccc1C1=NCCO1.[c-]1ccsc1-c1ccccn1. The average molecular weight is 3800 g/mol. The van der Waals surface area contributed by atoms with E-state index in [2.05, 4.69) is 216 Å². The van der Waals surface area contributed by atoms with Gasteiger partial charge in [-0.05, 0) is 102 Å². The summed E-state index contributed by atoms with van der Waals surface area (Å²) in [6, 6.07) is 171. The van der Waals surface area contributed by atoms with Crippen LogP contribution in [-0.2, 0) is 219 Å². The Balaban J connectivity index is 0.000000202. The van der Waals surface area contributed by atoms with Crippen LogP contribution < -0.4 is 0 Å². The van der Waals surface area contributed by atoms with Crippen LogP contribution in [-0.4, -0.2) is 63.9 Å². The molecule has 0 saturated heterocycles. The van der Waals surface area contributed by atoms with Crippen LogP contribution in [0, 0.1) is 73.7 Å². The number of thiazole rings is 2. The third-order valence-electron chi connectivity index (χ3n) is 21.5. The molecule has 2 aliphatic rings. The Hall–Kier alpha value is -10.5. The summed E-state index contributed by atoms with van der Waals surface area (Å²) >= 11 is 6.85. The van der Waals surface area contributed by atoms with Gasteiger partial charge in [-0.25, -0.2) is 16.9 Å². The molecule has 1 aliphatic carbocycles. The Morgan fingerprint density at radius 2 is 0.820 bits per heavy atom. The summed E-state index contributed by atoms with van der Waals surface area (Å²) in [4.78, 5) is 45.0. The first-order chi connectivity index (χ1) is 69.4. The minimum Gasteiger partial charge on any atom is -0.518 e. The molecule has 150 heavy (non-hydrogen) atoms. The fraction of sp³-hybridized carbons (Fsp3) is 0.0403. The Morgan fingerprint density at radius 1 is 0.320 bits per heavy atom. The molecule has 25 aromatic rings. The van der Waals surface area contributed by atoms with Crippen molar-refractivity contribution in [3.05, 3.63) is 532 Å². The van der Waals surface area contributed by atoms with Gasteiger partial charge in [-0.2, -0.15) is 65.1 Å². The van der Waals surface area contributed by atoms with Crippen molar-refractivity contribution in [2.75, 3.05) is 13.2 Å². The van der Waals surface area contributed by atoms with E-state index in [0.29, 0.717) is 12.5 Å². The zero-order valence-corrected chi connectivity index (χ0v) is 106. The molecule has 1 aliphatic heterocycles. The number of para-hydroxylation sites is 6. The first-order valence-electron chi connectivity index (χ1n) is 45.3. The molecule has 0 fully saturated rings. The van der Waals surface area contributed by atoms with E-state index in [1.165, 1.54) is 52.5 Å². The van der Waals surface area contributed by atoms with Crippen molar-refractivity contribution in [2.45, 2.75) is 19.8 Å². The van der Waals surface area contributed by atoms with Gasteiger partial charge in [-0.3, -0.25) is 36.3 Å². The number of aromatic amines is 1. The molecule has 27 rings (SSSR count). The normalized spacial score (nSPS) is 10.4. The molecule has 0 spiro atoms. The van der Waals surface area contributed by atoms with Gasteiger partial charge in [0.25, 0.3) is 0 Å². The molecule has 768 valence electrons. The monoisotopic (exact) mass is 3800 g/mol. The quantitative estimate of drug-likeness (QED) is 0.138. The van der Waals surface area contributed by atoms with E-state index in [9.17, 15) is 0 Å². The molecule has 0 bridgehead atoms. The van der Waals surface area contributed by atoms with Crippen molar-refractivity contribution in [1.29, 1.82) is 0 Å². The number of rotatable bonds is 9. The van der Waals surface area contributed by atoms with Crippen molar-refractivity contribution in [1.82, 2.24) is 44.9 Å². The van der Waals surface area contributed by atoms with E-state index in [1.807, 2.05) is 327 Å². The second kappa shape index (κ2) is 66.5. The summed E-state index contributed by atoms with van der Waals surface area (Å²) in [5.74, 6) is 2.22. The van der Waals surface area contributed by atoms with Crippen LogP contribution >= 0.6 is 45.3 Å². The average Bonchev–Trinajstić information content (AvgIpc) is 0.971. The van der Waals surface area contributed by atoms with Gasteiger partial charge in [0.1, 0.15) is 17.4 Å². The Bertz CT molecular complexity index is 7500. The topological polar surface area (TPSA) is 154 Å². The molecule has 0 unspecified atom stereocenters. The Labute approximate surface area is 1020 Å². The fourth-order valence-electron chi connectivity index (χ4n) is 14.7. The van der Waals surface area contributed by atoms with Crippen molar-refractivity contribution in [2.24, 2.45) is 4.99 Å². The summed E-state index contributed by atoms with van der Waals surface area (Å²) in [5.41, 5.74) is 23.3. The third kappa shape index (κ3) is 35.5. The van der Waals surface area contributed by atoms with Gasteiger partial charge in [0.2, 0.25) is 0 Å². The van der Waals surface area contributed by atoms with Crippen LogP contribution in [0.2, 0.25) is 0 Å². The first-order valence-corrected chi connectivity index (χ1v) is 48.6. The number of oxazole rings is 1. The van der Waals surface area contributed by atoms with Crippen molar-refractivity contribution < 1.29 is 210 Å². The number of H-pyrrole nitrogens is 1. The van der Waals surface area contributed by atoms with Crippen LogP contribution in [0.1, 0.15) is 22.3 Å². The molecule has 15 aromatic carbocycles. The number of imidazole rings is 1. The largest absolute Gasteiger partial charge is 0.518 e. The van der Waals surface area contributed by atoms with Crippen LogP contribution in [0.4, 0.5) is 0 Å². The summed E-state index contributed by atoms with van der Waals surface area (Å²) in [6.07, 6.45) is 9.45. The van der Waals surface area contributed by atoms with E-state index < -0.39 is 0 Å². The zero-order valence-electron chi connectivity index (χ0n) is 79.3. The van der Waals surface area contributed by atoms with E-state index >= 15 is 0 Å². The van der Waals surface area contributed by atoms with E-state index in [4.69, 9.17) is 14.1 Å². The van der Waals surface area contributed by atoms with Gasteiger partial charge < -0.3 is 34.1 Å². The maximum absolute atomic E-state index is 5.61. The number of benzene rings is 15. The minimum atomic E-state index is 0. The smallest absolute Gasteiger partial charge is 0.141 e. The van der Waals surface area contributed by atoms with Crippen molar-refractivity contribution >= 4 is 115 Å². The van der Waals surface area contributed by atoms with Gasteiger partial charge in [0.05, 0.1) is 46.6 Å². The molecule has 0 saturated carbocycles. The van der Waals surface area contributed by atoms with Crippen LogP contribution in [0.15, 0.2) is 452 Å². The summed E-state index contributed by atoms with van der Waals surface area (Å²) in [7, 11) is 0. The number of nitrogens with zero attached hydrogens (tertiary/aromatic N) is 9. The molecule has 11 heterocycles. The van der Waals surface area contributed by atoms with E-state index in [1.54, 1.807) is 63.9 Å². The molecule has 26 heteroatoms. The molecule has 10 radical (unpaired) electrons. The molecule has 12 nitrogen and oxygen atoms in total. The predicted octanol–water partition coefficient (Wildman–Crippen LogP) is 31.1. The molecule has 0 amide bonds. The van der Waals surface area contributed by atoms with Crippen molar-refractivity contribution in [3.8, 4) is 98.8 Å². The van der Waals surface area contributed by atoms with Crippen LogP contribution in [0.3, 0.4) is 0 Å². The van der Waals surface area contributed by atoms with Crippen molar-refractivity contribution in [3.63, 3.8) is 0 Å². The number of nitrogens with one attached hydrogen (secondary N) is 1. The number of hydrogen-bond acceptors (Lipinski definition) is 15. The first kappa shape index (κ1) is 125. The van der Waals surface area contributed by atoms with Gasteiger partial charge in [-0.1, -0.05) is 172 Å². The van der Waals surface area contributed by atoms with Crippen LogP contribution in [0.25, 0.3) is 162 Å². The number of thiophene rings is 2. The minimum absolute atomic E-state index is 0. The van der Waals surface area contributed by atoms with E-state index in [-0.39, 0.29) is 201 Å². The summed E-state index contributed by atoms with van der Waals surface area (Å²) in [6.45, 7) is 3.54. The Kier molecular flexibility index (Phi) is 55.2. The third-order valence-corrected chi connectivity index (χ3v) is 25.6. The van der Waals surface area contributed by atoms with E-state index in [0.717, 1.165) is 151 Å². The second-order valence-corrected chi connectivity index (χ2v) is 35.2. The van der Waals surface area contributed by atoms with Gasteiger partial charge in [-0.15, -0.1) is 302 Å². The molecular formula is C124H85Ir10N10O2S4-11. The summed E-state index contributed by atoms with van der Waals surface area (Å²) < 4.78 is 14.6.